The Labute approximate surface area is 105 Å². The molecule has 0 unspecified atom stereocenters. The molecule has 6 heteroatoms. The first-order valence-electron chi connectivity index (χ1n) is 2.73. The Kier molecular flexibility index (Phi) is 5.18. The second-order valence-corrected chi connectivity index (χ2v) is 4.60. The molecule has 0 atom stereocenters. The van der Waals surface area contributed by atoms with Crippen LogP contribution < -0.4 is 0 Å². The van der Waals surface area contributed by atoms with Gasteiger partial charge in [-0.15, -0.1) is 0 Å². The van der Waals surface area contributed by atoms with Crippen LogP contribution in [0.1, 0.15) is 0 Å². The minimum atomic E-state index is -4.02. The van der Waals surface area contributed by atoms with Gasteiger partial charge in [-0.05, 0) is 46.9 Å². The van der Waals surface area contributed by atoms with Crippen molar-refractivity contribution in [3.63, 3.8) is 0 Å². The third kappa shape index (κ3) is 3.66. The first kappa shape index (κ1) is 12.8. The van der Waals surface area contributed by atoms with Crippen molar-refractivity contribution in [2.24, 2.45) is 0 Å². The first-order chi connectivity index (χ1) is 5.00. The van der Waals surface area contributed by atoms with Crippen LogP contribution in [0.4, 0.5) is 0 Å². The fourth-order valence-electron chi connectivity index (χ4n) is 0.607. The summed E-state index contributed by atoms with van der Waals surface area (Å²) in [5.74, 6) is 0. The van der Waals surface area contributed by atoms with Crippen LogP contribution in [0.3, 0.4) is 0 Å². The summed E-state index contributed by atoms with van der Waals surface area (Å²) in [4.78, 5) is -0.0714. The van der Waals surface area contributed by atoms with Gasteiger partial charge < -0.3 is 0 Å². The van der Waals surface area contributed by atoms with Crippen molar-refractivity contribution in [1.29, 1.82) is 0 Å². The van der Waals surface area contributed by atoms with E-state index in [9.17, 15) is 8.42 Å². The maximum absolute atomic E-state index is 10.5. The van der Waals surface area contributed by atoms with E-state index in [4.69, 9.17) is 4.55 Å². The molecule has 0 spiro atoms. The summed E-state index contributed by atoms with van der Waals surface area (Å²) in [6.07, 6.45) is 0. The van der Waals surface area contributed by atoms with E-state index in [0.717, 1.165) is 3.57 Å². The van der Waals surface area contributed by atoms with Gasteiger partial charge in [0.15, 0.2) is 0 Å². The number of halogens is 1. The van der Waals surface area contributed by atoms with Crippen molar-refractivity contribution in [2.45, 2.75) is 4.90 Å². The number of benzene rings is 1. The Balaban J connectivity index is 0.00000121. The predicted octanol–water partition coefficient (Wildman–Crippen LogP) is 1.54. The molecule has 0 amide bonds. The van der Waals surface area contributed by atoms with Gasteiger partial charge in [0, 0.05) is 30.9 Å². The van der Waals surface area contributed by atoms with Crippen molar-refractivity contribution in [3.05, 3.63) is 27.8 Å². The van der Waals surface area contributed by atoms with Gasteiger partial charge in [-0.25, -0.2) is 0 Å². The maximum atomic E-state index is 10.5. The number of hydrogen-bond acceptors (Lipinski definition) is 2. The zero-order valence-electron chi connectivity index (χ0n) is 6.07. The Morgan fingerprint density at radius 3 is 1.92 bits per heavy atom. The third-order valence-electron chi connectivity index (χ3n) is 1.11. The second-order valence-electron chi connectivity index (χ2n) is 1.93. The summed E-state index contributed by atoms with van der Waals surface area (Å²) < 4.78 is 30.5. The monoisotopic (exact) mass is 398 g/mol. The maximum Gasteiger partial charge on any atom is 0.294 e. The summed E-state index contributed by atoms with van der Waals surface area (Å²) in [5, 5.41) is 0. The van der Waals surface area contributed by atoms with Gasteiger partial charge in [0.1, 0.15) is 0 Å². The molecule has 0 aromatic heterocycles. The van der Waals surface area contributed by atoms with E-state index in [1.54, 1.807) is 12.1 Å². The molecule has 1 N–H and O–H groups in total. The van der Waals surface area contributed by atoms with Crippen molar-refractivity contribution in [2.75, 3.05) is 0 Å². The Morgan fingerprint density at radius 1 is 1.17 bits per heavy atom. The summed E-state index contributed by atoms with van der Waals surface area (Å²) >= 11 is 2.05. The molecular formula is C6H5CdIO3S. The summed E-state index contributed by atoms with van der Waals surface area (Å²) in [5.41, 5.74) is 0. The van der Waals surface area contributed by atoms with E-state index in [1.807, 2.05) is 22.6 Å². The van der Waals surface area contributed by atoms with E-state index in [-0.39, 0.29) is 32.2 Å². The zero-order valence-corrected chi connectivity index (χ0v) is 13.1. The van der Waals surface area contributed by atoms with Gasteiger partial charge in [0.25, 0.3) is 10.1 Å². The van der Waals surface area contributed by atoms with Crippen LogP contribution in [0, 0.1) is 3.57 Å². The molecule has 0 radical (unpaired) electrons. The average Bonchev–Trinajstić information content (AvgIpc) is 1.86. The molecule has 1 aromatic rings. The van der Waals surface area contributed by atoms with E-state index < -0.39 is 10.1 Å². The summed E-state index contributed by atoms with van der Waals surface area (Å²) in [7, 11) is -4.02. The van der Waals surface area contributed by atoms with Crippen molar-refractivity contribution in [3.8, 4) is 0 Å². The van der Waals surface area contributed by atoms with Gasteiger partial charge >= 0.3 is 0 Å². The molecule has 3 nitrogen and oxygen atoms in total. The van der Waals surface area contributed by atoms with E-state index in [2.05, 4.69) is 0 Å². The molecular weight excluding hydrogens is 391 g/mol. The molecule has 62 valence electrons. The molecule has 1 aromatic carbocycles. The molecule has 0 saturated heterocycles. The van der Waals surface area contributed by atoms with Crippen LogP contribution in [0.5, 0.6) is 0 Å². The predicted molar refractivity (Wildman–Crippen MR) is 49.0 cm³/mol. The quantitative estimate of drug-likeness (QED) is 0.445. The van der Waals surface area contributed by atoms with Gasteiger partial charge in [-0.3, -0.25) is 4.55 Å². The molecule has 1 rings (SSSR count). The number of hydrogen-bond donors (Lipinski definition) is 1. The molecule has 0 bridgehead atoms. The standard InChI is InChI=1S/C6H5IO3S.Cd/c7-5-1-3-6(4-2-5)11(8,9)10;/h1-4H,(H,8,9,10);. The molecule has 0 aliphatic rings. The van der Waals surface area contributed by atoms with E-state index in [0.29, 0.717) is 0 Å². The second kappa shape index (κ2) is 4.86. The van der Waals surface area contributed by atoms with Gasteiger partial charge in [-0.1, -0.05) is 0 Å². The van der Waals surface area contributed by atoms with Crippen LogP contribution in [-0.2, 0) is 37.4 Å². The van der Waals surface area contributed by atoms with Crippen LogP contribution in [0.25, 0.3) is 0 Å². The van der Waals surface area contributed by atoms with Gasteiger partial charge in [0.05, 0.1) is 4.90 Å². The normalized spacial score (nSPS) is 10.5. The Bertz CT molecular complexity index is 346. The van der Waals surface area contributed by atoms with Crippen molar-refractivity contribution >= 4 is 32.7 Å². The topological polar surface area (TPSA) is 54.4 Å². The minimum absolute atomic E-state index is 0. The minimum Gasteiger partial charge on any atom is -0.282 e. The zero-order chi connectivity index (χ0) is 8.48. The molecule has 0 aliphatic carbocycles. The van der Waals surface area contributed by atoms with Crippen LogP contribution >= 0.6 is 22.6 Å². The van der Waals surface area contributed by atoms with Crippen LogP contribution in [0.15, 0.2) is 29.2 Å². The summed E-state index contributed by atoms with van der Waals surface area (Å²) in [6.45, 7) is 0. The van der Waals surface area contributed by atoms with E-state index >= 15 is 0 Å². The van der Waals surface area contributed by atoms with Crippen LogP contribution in [-0.4, -0.2) is 13.0 Å². The molecule has 12 heavy (non-hydrogen) atoms. The fraction of sp³-hybridized carbons (Fsp3) is 0. The largest absolute Gasteiger partial charge is 0.294 e. The molecule has 0 heterocycles. The van der Waals surface area contributed by atoms with Crippen molar-refractivity contribution in [1.82, 2.24) is 0 Å². The third-order valence-corrected chi connectivity index (χ3v) is 2.70. The Morgan fingerprint density at radius 2 is 1.58 bits per heavy atom. The van der Waals surface area contributed by atoms with Crippen LogP contribution in [0.2, 0.25) is 0 Å². The van der Waals surface area contributed by atoms with Crippen molar-refractivity contribution < 1.29 is 40.3 Å². The molecule has 0 fully saturated rings. The summed E-state index contributed by atoms with van der Waals surface area (Å²) in [6, 6.07) is 5.95. The van der Waals surface area contributed by atoms with E-state index in [1.165, 1.54) is 12.1 Å². The average molecular weight is 396 g/mol. The SMILES string of the molecule is O=S(=O)(O)c1ccc(I)cc1.[Cd]. The smallest absolute Gasteiger partial charge is 0.282 e. The fourth-order valence-corrected chi connectivity index (χ4v) is 1.45. The first-order valence-corrected chi connectivity index (χ1v) is 5.25. The molecule has 0 saturated carbocycles. The van der Waals surface area contributed by atoms with Gasteiger partial charge in [0.2, 0.25) is 0 Å². The molecule has 0 aliphatic heterocycles. The Hall–Kier alpha value is 0.782. The van der Waals surface area contributed by atoms with Gasteiger partial charge in [-0.2, -0.15) is 8.42 Å². The number of rotatable bonds is 1.